The largest absolute Gasteiger partial charge is 0.493 e. The van der Waals surface area contributed by atoms with Crippen molar-refractivity contribution in [2.45, 2.75) is 43.7 Å². The van der Waals surface area contributed by atoms with E-state index in [-0.39, 0.29) is 32.6 Å². The summed E-state index contributed by atoms with van der Waals surface area (Å²) in [6.45, 7) is 0.485. The molecule has 1 N–H and O–H groups in total. The smallest absolute Gasteiger partial charge is 0.188 e. The first-order valence-electron chi connectivity index (χ1n) is 11.5. The van der Waals surface area contributed by atoms with Crippen LogP contribution in [-0.2, 0) is 30.1 Å². The minimum absolute atomic E-state index is 0.121. The Labute approximate surface area is 206 Å². The number of benzene rings is 2. The summed E-state index contributed by atoms with van der Waals surface area (Å²) in [4.78, 5) is 0. The van der Waals surface area contributed by atoms with E-state index in [4.69, 9.17) is 37.9 Å². The third kappa shape index (κ3) is 8.06. The van der Waals surface area contributed by atoms with E-state index >= 15 is 0 Å². The number of aliphatic hydroxyl groups excluding tert-OH is 1. The monoisotopic (exact) mass is 492 g/mol. The van der Waals surface area contributed by atoms with E-state index in [1.54, 1.807) is 28.4 Å². The molecule has 0 amide bonds. The molecule has 2 aromatic rings. The summed E-state index contributed by atoms with van der Waals surface area (Å²) in [5.41, 5.74) is 1.89. The van der Waals surface area contributed by atoms with Gasteiger partial charge in [0.05, 0.1) is 31.5 Å². The molecular weight excluding hydrogens is 456 g/mol. The quantitative estimate of drug-likeness (QED) is 0.398. The molecule has 0 aromatic heterocycles. The second-order valence-electron chi connectivity index (χ2n) is 8.26. The van der Waals surface area contributed by atoms with Crippen LogP contribution in [0.25, 0.3) is 0 Å². The average molecular weight is 493 g/mol. The predicted molar refractivity (Wildman–Crippen MR) is 128 cm³/mol. The van der Waals surface area contributed by atoms with Crippen molar-refractivity contribution >= 4 is 0 Å². The Hall–Kier alpha value is -2.40. The number of methoxy groups -OCH3 is 4. The van der Waals surface area contributed by atoms with Crippen LogP contribution in [0, 0.1) is 0 Å². The van der Waals surface area contributed by atoms with Gasteiger partial charge in [0.15, 0.2) is 25.1 Å². The summed E-state index contributed by atoms with van der Waals surface area (Å²) < 4.78 is 43.8. The molecule has 9 heteroatoms. The van der Waals surface area contributed by atoms with Crippen molar-refractivity contribution in [3.05, 3.63) is 53.6 Å². The summed E-state index contributed by atoms with van der Waals surface area (Å²) >= 11 is 0. The van der Waals surface area contributed by atoms with Crippen molar-refractivity contribution in [2.75, 3.05) is 48.8 Å². The fourth-order valence-electron chi connectivity index (χ4n) is 4.03. The van der Waals surface area contributed by atoms with Gasteiger partial charge in [0.1, 0.15) is 12.5 Å². The number of hydrogen-bond donors (Lipinski definition) is 1. The number of hydrogen-bond acceptors (Lipinski definition) is 9. The Kier molecular flexibility index (Phi) is 11.1. The lowest BCUT2D eigenvalue weighted by molar-refractivity contribution is -0.172. The Morgan fingerprint density at radius 3 is 2.26 bits per heavy atom. The maximum atomic E-state index is 11.1. The summed E-state index contributed by atoms with van der Waals surface area (Å²) in [6, 6.07) is 13.2. The summed E-state index contributed by atoms with van der Waals surface area (Å²) in [5, 5.41) is 11.1. The highest BCUT2D eigenvalue weighted by atomic mass is 16.7. The van der Waals surface area contributed by atoms with Gasteiger partial charge >= 0.3 is 0 Å². The second-order valence-corrected chi connectivity index (χ2v) is 8.26. The van der Waals surface area contributed by atoms with E-state index in [9.17, 15) is 5.11 Å². The lowest BCUT2D eigenvalue weighted by Crippen LogP contribution is -2.41. The highest BCUT2D eigenvalue weighted by Gasteiger charge is 2.35. The molecule has 194 valence electrons. The topological polar surface area (TPSA) is 94.1 Å². The molecular formula is C26H36O9. The second kappa shape index (κ2) is 14.2. The van der Waals surface area contributed by atoms with E-state index in [2.05, 4.69) is 0 Å². The molecule has 1 aliphatic heterocycles. The van der Waals surface area contributed by atoms with Crippen LogP contribution < -0.4 is 14.2 Å². The maximum absolute atomic E-state index is 11.1. The zero-order valence-electron chi connectivity index (χ0n) is 20.8. The molecule has 9 nitrogen and oxygen atoms in total. The molecule has 0 saturated carbocycles. The molecule has 4 atom stereocenters. The van der Waals surface area contributed by atoms with Gasteiger partial charge in [0, 0.05) is 40.6 Å². The minimum atomic E-state index is -0.719. The van der Waals surface area contributed by atoms with Crippen molar-refractivity contribution in [3.63, 3.8) is 0 Å². The average Bonchev–Trinajstić information content (AvgIpc) is 2.90. The molecule has 1 heterocycles. The van der Waals surface area contributed by atoms with Crippen molar-refractivity contribution in [1.82, 2.24) is 0 Å². The van der Waals surface area contributed by atoms with Crippen molar-refractivity contribution < 1.29 is 43.0 Å². The molecule has 1 saturated heterocycles. The predicted octanol–water partition coefficient (Wildman–Crippen LogP) is 3.47. The zero-order chi connectivity index (χ0) is 25.0. The van der Waals surface area contributed by atoms with Crippen LogP contribution >= 0.6 is 0 Å². The molecule has 0 unspecified atom stereocenters. The third-order valence-corrected chi connectivity index (χ3v) is 5.77. The Morgan fingerprint density at radius 1 is 0.857 bits per heavy atom. The lowest BCUT2D eigenvalue weighted by Gasteiger charge is -2.37. The first-order valence-corrected chi connectivity index (χ1v) is 11.5. The van der Waals surface area contributed by atoms with Crippen molar-refractivity contribution in [3.8, 4) is 17.2 Å². The van der Waals surface area contributed by atoms with Crippen LogP contribution in [0.3, 0.4) is 0 Å². The molecule has 0 spiro atoms. The van der Waals surface area contributed by atoms with E-state index in [1.165, 1.54) is 0 Å². The van der Waals surface area contributed by atoms with Gasteiger partial charge in [-0.05, 0) is 35.4 Å². The van der Waals surface area contributed by atoms with Gasteiger partial charge in [0.25, 0.3) is 0 Å². The van der Waals surface area contributed by atoms with E-state index < -0.39 is 12.2 Å². The standard InChI is InChI=1S/C26H36O9/c1-28-15-32-20-8-5-18(6-9-20)11-22(27)25-14-21(33-16-29-2)13-24(35-25)19-7-10-23(34-17-30-3)26(12-19)31-4/h5-10,12,21-22,24-25,27H,11,13-17H2,1-4H3/t21-,22-,24+,25-/m0/s1. The fourth-order valence-corrected chi connectivity index (χ4v) is 4.03. The Balaban J connectivity index is 1.72. The van der Waals surface area contributed by atoms with Crippen LogP contribution in [-0.4, -0.2) is 72.2 Å². The lowest BCUT2D eigenvalue weighted by atomic mass is 9.91. The van der Waals surface area contributed by atoms with E-state index in [1.807, 2.05) is 42.5 Å². The van der Waals surface area contributed by atoms with Crippen LogP contribution in [0.2, 0.25) is 0 Å². The Bertz CT molecular complexity index is 874. The maximum Gasteiger partial charge on any atom is 0.188 e. The zero-order valence-corrected chi connectivity index (χ0v) is 20.8. The van der Waals surface area contributed by atoms with Crippen LogP contribution in [0.1, 0.15) is 30.1 Å². The highest BCUT2D eigenvalue weighted by molar-refractivity contribution is 5.43. The number of aliphatic hydroxyl groups is 1. The van der Waals surface area contributed by atoms with Gasteiger partial charge < -0.3 is 43.0 Å². The van der Waals surface area contributed by atoms with Gasteiger partial charge in [-0.15, -0.1) is 0 Å². The highest BCUT2D eigenvalue weighted by Crippen LogP contribution is 2.38. The summed E-state index contributed by atoms with van der Waals surface area (Å²) in [6.07, 6.45) is 0.0567. The van der Waals surface area contributed by atoms with Gasteiger partial charge in [-0.25, -0.2) is 0 Å². The van der Waals surface area contributed by atoms with Gasteiger partial charge in [-0.3, -0.25) is 0 Å². The molecule has 35 heavy (non-hydrogen) atoms. The molecule has 1 aliphatic rings. The van der Waals surface area contributed by atoms with Crippen molar-refractivity contribution in [1.29, 1.82) is 0 Å². The third-order valence-electron chi connectivity index (χ3n) is 5.77. The molecule has 0 aliphatic carbocycles. The molecule has 0 bridgehead atoms. The Morgan fingerprint density at radius 2 is 1.57 bits per heavy atom. The summed E-state index contributed by atoms with van der Waals surface area (Å²) in [7, 11) is 6.31. The number of ether oxygens (including phenoxy) is 8. The summed E-state index contributed by atoms with van der Waals surface area (Å²) in [5.74, 6) is 1.87. The number of rotatable bonds is 14. The van der Waals surface area contributed by atoms with E-state index in [0.29, 0.717) is 36.5 Å². The SMILES string of the molecule is COCOc1ccc(C[C@H](O)[C@@H]2C[C@@H](OCOC)C[C@H](c3ccc(OCOC)c(OC)c3)O2)cc1. The van der Waals surface area contributed by atoms with E-state index in [0.717, 1.165) is 11.1 Å². The van der Waals surface area contributed by atoms with Crippen LogP contribution in [0.5, 0.6) is 17.2 Å². The first kappa shape index (κ1) is 27.2. The molecule has 3 rings (SSSR count). The van der Waals surface area contributed by atoms with Crippen molar-refractivity contribution in [2.24, 2.45) is 0 Å². The van der Waals surface area contributed by atoms with Gasteiger partial charge in [-0.1, -0.05) is 18.2 Å². The first-order chi connectivity index (χ1) is 17.1. The fraction of sp³-hybridized carbons (Fsp3) is 0.538. The van der Waals surface area contributed by atoms with Gasteiger partial charge in [0.2, 0.25) is 0 Å². The van der Waals surface area contributed by atoms with Crippen LogP contribution in [0.15, 0.2) is 42.5 Å². The van der Waals surface area contributed by atoms with Crippen LogP contribution in [0.4, 0.5) is 0 Å². The molecule has 0 radical (unpaired) electrons. The van der Waals surface area contributed by atoms with Gasteiger partial charge in [-0.2, -0.15) is 0 Å². The normalized spacial score (nSPS) is 20.9. The molecule has 1 fully saturated rings. The molecule has 2 aromatic carbocycles. The minimum Gasteiger partial charge on any atom is -0.493 e.